The maximum absolute atomic E-state index is 12.7. The summed E-state index contributed by atoms with van der Waals surface area (Å²) in [5, 5.41) is 3.03. The van der Waals surface area contributed by atoms with Crippen LogP contribution in [0.1, 0.15) is 28.8 Å². The zero-order chi connectivity index (χ0) is 22.4. The Morgan fingerprint density at radius 1 is 1.10 bits per heavy atom. The second-order valence-corrected chi connectivity index (χ2v) is 9.30. The van der Waals surface area contributed by atoms with E-state index in [4.69, 9.17) is 9.47 Å². The number of hydrogen-bond acceptors (Lipinski definition) is 6. The molecule has 0 atom stereocenters. The van der Waals surface area contributed by atoms with Gasteiger partial charge in [-0.2, -0.15) is 0 Å². The first-order valence-corrected chi connectivity index (χ1v) is 11.6. The van der Waals surface area contributed by atoms with Gasteiger partial charge in [0.25, 0.3) is 5.91 Å². The highest BCUT2D eigenvalue weighted by Crippen LogP contribution is 2.25. The molecule has 2 N–H and O–H groups in total. The fraction of sp³-hybridized carbons (Fsp3) is 0.409. The molecule has 31 heavy (non-hydrogen) atoms. The molecule has 2 aromatic rings. The average molecular weight is 448 g/mol. The van der Waals surface area contributed by atoms with Crippen LogP contribution >= 0.6 is 0 Å². The van der Waals surface area contributed by atoms with E-state index in [1.54, 1.807) is 13.2 Å². The number of likely N-dealkylation sites (tertiary alicyclic amines) is 1. The van der Waals surface area contributed by atoms with Crippen molar-refractivity contribution in [2.45, 2.75) is 30.3 Å². The van der Waals surface area contributed by atoms with Crippen molar-refractivity contribution in [1.82, 2.24) is 14.9 Å². The highest BCUT2D eigenvalue weighted by Gasteiger charge is 2.24. The van der Waals surface area contributed by atoms with Gasteiger partial charge in [0.2, 0.25) is 10.0 Å². The molecular weight excluding hydrogens is 418 g/mol. The molecule has 8 nitrogen and oxygen atoms in total. The maximum Gasteiger partial charge on any atom is 0.251 e. The third-order valence-corrected chi connectivity index (χ3v) is 6.88. The summed E-state index contributed by atoms with van der Waals surface area (Å²) < 4.78 is 37.1. The number of ether oxygens (including phenoxy) is 2. The van der Waals surface area contributed by atoms with Crippen LogP contribution in [0.2, 0.25) is 0 Å². The number of nitrogens with one attached hydrogen (secondary N) is 2. The lowest BCUT2D eigenvalue weighted by Gasteiger charge is -2.32. The first kappa shape index (κ1) is 23.1. The van der Waals surface area contributed by atoms with Gasteiger partial charge in [0.1, 0.15) is 16.4 Å². The zero-order valence-corrected chi connectivity index (χ0v) is 18.9. The molecule has 168 valence electrons. The predicted octanol–water partition coefficient (Wildman–Crippen LogP) is 2.01. The van der Waals surface area contributed by atoms with E-state index in [0.29, 0.717) is 0 Å². The number of hydrogen-bond donors (Lipinski definition) is 2. The lowest BCUT2D eigenvalue weighted by molar-refractivity contribution is 0.0908. The predicted molar refractivity (Wildman–Crippen MR) is 118 cm³/mol. The summed E-state index contributed by atoms with van der Waals surface area (Å²) in [6.45, 7) is 2.57. The third kappa shape index (κ3) is 5.75. The summed E-state index contributed by atoms with van der Waals surface area (Å²) in [7, 11) is 0.629. The molecule has 0 aliphatic carbocycles. The summed E-state index contributed by atoms with van der Waals surface area (Å²) in [6, 6.07) is 12.5. The van der Waals surface area contributed by atoms with E-state index in [0.717, 1.165) is 38.2 Å². The van der Waals surface area contributed by atoms with Gasteiger partial charge >= 0.3 is 0 Å². The van der Waals surface area contributed by atoms with Crippen LogP contribution in [-0.2, 0) is 16.6 Å². The van der Waals surface area contributed by atoms with Crippen molar-refractivity contribution >= 4 is 15.9 Å². The smallest absolute Gasteiger partial charge is 0.251 e. The summed E-state index contributed by atoms with van der Waals surface area (Å²) in [5.74, 6) is 0.747. The number of piperidine rings is 1. The number of rotatable bonds is 8. The molecule has 0 aromatic heterocycles. The van der Waals surface area contributed by atoms with Crippen LogP contribution in [-0.4, -0.2) is 59.6 Å². The largest absolute Gasteiger partial charge is 0.497 e. The van der Waals surface area contributed by atoms with Gasteiger partial charge in [-0.05, 0) is 55.8 Å². The van der Waals surface area contributed by atoms with Crippen molar-refractivity contribution in [3.63, 3.8) is 0 Å². The molecule has 1 saturated heterocycles. The van der Waals surface area contributed by atoms with Crippen LogP contribution in [0, 0.1) is 0 Å². The fourth-order valence-electron chi connectivity index (χ4n) is 3.67. The first-order chi connectivity index (χ1) is 14.9. The average Bonchev–Trinajstić information content (AvgIpc) is 2.80. The van der Waals surface area contributed by atoms with Crippen molar-refractivity contribution in [2.24, 2.45) is 0 Å². The van der Waals surface area contributed by atoms with Gasteiger partial charge in [0.15, 0.2) is 0 Å². The molecule has 0 unspecified atom stereocenters. The molecule has 0 radical (unpaired) electrons. The molecule has 1 fully saturated rings. The van der Waals surface area contributed by atoms with Gasteiger partial charge in [0, 0.05) is 31.2 Å². The van der Waals surface area contributed by atoms with Crippen LogP contribution in [0.3, 0.4) is 0 Å². The molecule has 0 spiro atoms. The molecule has 1 aliphatic heterocycles. The van der Waals surface area contributed by atoms with E-state index in [1.165, 1.54) is 31.9 Å². The Kier molecular flexibility index (Phi) is 7.53. The number of carbonyl (C=O) groups excluding carboxylic acids is 1. The molecule has 0 saturated carbocycles. The molecule has 9 heteroatoms. The minimum Gasteiger partial charge on any atom is -0.497 e. The second kappa shape index (κ2) is 10.1. The normalized spacial score (nSPS) is 15.5. The van der Waals surface area contributed by atoms with Gasteiger partial charge in [-0.3, -0.25) is 9.69 Å². The van der Waals surface area contributed by atoms with Crippen LogP contribution in [0.25, 0.3) is 0 Å². The molecule has 2 aromatic carbocycles. The van der Waals surface area contributed by atoms with Gasteiger partial charge in [-0.25, -0.2) is 13.1 Å². The van der Waals surface area contributed by atoms with Gasteiger partial charge in [-0.1, -0.05) is 12.1 Å². The van der Waals surface area contributed by atoms with E-state index >= 15 is 0 Å². The highest BCUT2D eigenvalue weighted by atomic mass is 32.2. The second-order valence-electron chi connectivity index (χ2n) is 7.45. The Morgan fingerprint density at radius 3 is 2.48 bits per heavy atom. The summed E-state index contributed by atoms with van der Waals surface area (Å²) in [4.78, 5) is 15.0. The SMILES string of the molecule is CNS(=O)(=O)c1cc(C(=O)NC2CCN(Cc3cccc(OC)c3)CC2)ccc1OC. The van der Waals surface area contributed by atoms with Crippen LogP contribution in [0.4, 0.5) is 0 Å². The zero-order valence-electron chi connectivity index (χ0n) is 18.1. The highest BCUT2D eigenvalue weighted by molar-refractivity contribution is 7.89. The maximum atomic E-state index is 12.7. The lowest BCUT2D eigenvalue weighted by atomic mass is 10.0. The number of carbonyl (C=O) groups is 1. The summed E-state index contributed by atoms with van der Waals surface area (Å²) in [5.41, 5.74) is 1.48. The lowest BCUT2D eigenvalue weighted by Crippen LogP contribution is -2.44. The van der Waals surface area contributed by atoms with Crippen molar-refractivity contribution < 1.29 is 22.7 Å². The Labute approximate surface area is 183 Å². The first-order valence-electron chi connectivity index (χ1n) is 10.1. The van der Waals surface area contributed by atoms with Crippen LogP contribution < -0.4 is 19.5 Å². The fourth-order valence-corrected chi connectivity index (χ4v) is 4.59. The Balaban J connectivity index is 1.59. The van der Waals surface area contributed by atoms with Crippen LogP contribution in [0.5, 0.6) is 11.5 Å². The minimum absolute atomic E-state index is 0.0421. The summed E-state index contributed by atoms with van der Waals surface area (Å²) >= 11 is 0. The van der Waals surface area contributed by atoms with Gasteiger partial charge in [-0.15, -0.1) is 0 Å². The number of amides is 1. The van der Waals surface area contributed by atoms with Crippen molar-refractivity contribution in [3.05, 3.63) is 53.6 Å². The molecule has 3 rings (SSSR count). The van der Waals surface area contributed by atoms with Gasteiger partial charge in [0.05, 0.1) is 14.2 Å². The third-order valence-electron chi connectivity index (χ3n) is 5.45. The van der Waals surface area contributed by atoms with Crippen LogP contribution in [0.15, 0.2) is 47.4 Å². The van der Waals surface area contributed by atoms with Crippen molar-refractivity contribution in [1.29, 1.82) is 0 Å². The van der Waals surface area contributed by atoms with E-state index in [9.17, 15) is 13.2 Å². The Hall–Kier alpha value is -2.62. The van der Waals surface area contributed by atoms with E-state index in [2.05, 4.69) is 21.0 Å². The summed E-state index contributed by atoms with van der Waals surface area (Å²) in [6.07, 6.45) is 1.65. The standard InChI is InChI=1S/C22H29N3O5S/c1-23-31(27,28)21-14-17(7-8-20(21)30-3)22(26)24-18-9-11-25(12-10-18)15-16-5-4-6-19(13-16)29-2/h4-8,13-14,18,23H,9-12,15H2,1-3H3,(H,24,26). The van der Waals surface area contributed by atoms with Crippen molar-refractivity contribution in [2.75, 3.05) is 34.4 Å². The molecule has 1 aliphatic rings. The Morgan fingerprint density at radius 2 is 1.84 bits per heavy atom. The molecule has 1 heterocycles. The van der Waals surface area contributed by atoms with E-state index in [-0.39, 0.29) is 28.2 Å². The molecule has 0 bridgehead atoms. The van der Waals surface area contributed by atoms with Gasteiger partial charge < -0.3 is 14.8 Å². The Bertz CT molecular complexity index is 1020. The molecular formula is C22H29N3O5S. The number of sulfonamides is 1. The minimum atomic E-state index is -3.74. The monoisotopic (exact) mass is 447 g/mol. The molecule has 1 amide bonds. The van der Waals surface area contributed by atoms with E-state index < -0.39 is 10.0 Å². The topological polar surface area (TPSA) is 97.0 Å². The number of benzene rings is 2. The quantitative estimate of drug-likeness (QED) is 0.643. The number of methoxy groups -OCH3 is 2. The van der Waals surface area contributed by atoms with E-state index in [1.807, 2.05) is 18.2 Å². The number of nitrogens with zero attached hydrogens (tertiary/aromatic N) is 1. The van der Waals surface area contributed by atoms with Crippen molar-refractivity contribution in [3.8, 4) is 11.5 Å².